The fourth-order valence-corrected chi connectivity index (χ4v) is 5.41. The van der Waals surface area contributed by atoms with Gasteiger partial charge in [-0.25, -0.2) is 27.2 Å². The topological polar surface area (TPSA) is 118 Å². The number of amides is 1. The number of thiazole rings is 1. The molecule has 3 aromatic heterocycles. The first-order chi connectivity index (χ1) is 14.6. The second-order valence-corrected chi connectivity index (χ2v) is 10.4. The van der Waals surface area contributed by atoms with Crippen LogP contribution >= 0.6 is 11.3 Å². The highest BCUT2D eigenvalue weighted by molar-refractivity contribution is 7.91. The molecule has 31 heavy (non-hydrogen) atoms. The van der Waals surface area contributed by atoms with Crippen molar-refractivity contribution >= 4 is 53.5 Å². The molecule has 3 heterocycles. The molecule has 8 nitrogen and oxygen atoms in total. The Balaban J connectivity index is 1.62. The number of halogens is 2. The number of hydrogen-bond donors (Lipinski definition) is 2. The van der Waals surface area contributed by atoms with E-state index in [9.17, 15) is 17.6 Å². The summed E-state index contributed by atoms with van der Waals surface area (Å²) in [7, 11) is -3.84. The Morgan fingerprint density at radius 2 is 2.06 bits per heavy atom. The lowest BCUT2D eigenvalue weighted by Gasteiger charge is -2.12. The van der Waals surface area contributed by atoms with Gasteiger partial charge in [0.1, 0.15) is 27.2 Å². The predicted molar refractivity (Wildman–Crippen MR) is 112 cm³/mol. The predicted octanol–water partition coefficient (Wildman–Crippen LogP) is 3.38. The molecule has 1 saturated carbocycles. The first-order valence-electron chi connectivity index (χ1n) is 9.23. The summed E-state index contributed by atoms with van der Waals surface area (Å²) in [6, 6.07) is 3.31. The first-order valence-corrected chi connectivity index (χ1v) is 11.9. The number of anilines is 1. The van der Waals surface area contributed by atoms with E-state index < -0.39 is 38.5 Å². The number of sulfone groups is 1. The van der Waals surface area contributed by atoms with Gasteiger partial charge in [-0.2, -0.15) is 5.10 Å². The Labute approximate surface area is 178 Å². The molecule has 1 aliphatic carbocycles. The Morgan fingerprint density at radius 3 is 2.74 bits per heavy atom. The lowest BCUT2D eigenvalue weighted by atomic mass is 10.00. The minimum absolute atomic E-state index is 0.0740. The van der Waals surface area contributed by atoms with E-state index in [-0.39, 0.29) is 17.5 Å². The van der Waals surface area contributed by atoms with Gasteiger partial charge in [0.2, 0.25) is 5.91 Å². The molecule has 12 heteroatoms. The van der Waals surface area contributed by atoms with Crippen molar-refractivity contribution in [2.75, 3.05) is 11.6 Å². The number of benzene rings is 1. The summed E-state index contributed by atoms with van der Waals surface area (Å²) in [6.07, 6.45) is 1.48. The number of H-pyrrole nitrogens is 1. The van der Waals surface area contributed by atoms with Crippen LogP contribution in [-0.4, -0.2) is 46.9 Å². The molecule has 0 saturated heterocycles. The average Bonchev–Trinajstić information content (AvgIpc) is 3.07. The van der Waals surface area contributed by atoms with E-state index in [1.54, 1.807) is 12.1 Å². The van der Waals surface area contributed by atoms with Crippen LogP contribution in [0.5, 0.6) is 0 Å². The van der Waals surface area contributed by atoms with Crippen LogP contribution in [0, 0.1) is 18.7 Å². The SMILES string of the molecule is Cc1c(F)c(S(C)(=O)=O)c2[nH]ncc2c1-c1ccc2nc(NC(=O)[C@@H]3C[C@@H]3F)sc2n1. The summed E-state index contributed by atoms with van der Waals surface area (Å²) < 4.78 is 52.4. The normalized spacial score (nSPS) is 18.6. The molecular weight excluding hydrogens is 448 g/mol. The zero-order chi connectivity index (χ0) is 22.1. The van der Waals surface area contributed by atoms with Gasteiger partial charge in [0.05, 0.1) is 23.3 Å². The van der Waals surface area contributed by atoms with E-state index in [1.165, 1.54) is 13.1 Å². The Kier molecular flexibility index (Phi) is 4.35. The zero-order valence-corrected chi connectivity index (χ0v) is 17.9. The van der Waals surface area contributed by atoms with Crippen molar-refractivity contribution in [3.8, 4) is 11.3 Å². The molecule has 1 fully saturated rings. The largest absolute Gasteiger partial charge is 0.302 e. The lowest BCUT2D eigenvalue weighted by Crippen LogP contribution is -2.14. The molecule has 0 bridgehead atoms. The molecule has 1 aromatic carbocycles. The molecule has 0 aliphatic heterocycles. The quantitative estimate of drug-likeness (QED) is 0.479. The van der Waals surface area contributed by atoms with Crippen molar-refractivity contribution in [2.45, 2.75) is 24.4 Å². The van der Waals surface area contributed by atoms with E-state index >= 15 is 4.39 Å². The van der Waals surface area contributed by atoms with E-state index in [0.29, 0.717) is 32.1 Å². The Hall–Kier alpha value is -2.99. The van der Waals surface area contributed by atoms with Gasteiger partial charge in [0, 0.05) is 17.2 Å². The highest BCUT2D eigenvalue weighted by atomic mass is 32.2. The maximum Gasteiger partial charge on any atom is 0.232 e. The second kappa shape index (κ2) is 6.76. The molecule has 5 rings (SSSR count). The number of aromatic amines is 1. The van der Waals surface area contributed by atoms with Gasteiger partial charge in [-0.3, -0.25) is 9.89 Å². The van der Waals surface area contributed by atoms with E-state index in [0.717, 1.165) is 17.6 Å². The number of nitrogens with zero attached hydrogens (tertiary/aromatic N) is 3. The number of hydrogen-bond acceptors (Lipinski definition) is 7. The van der Waals surface area contributed by atoms with Crippen molar-refractivity contribution in [1.29, 1.82) is 0 Å². The highest BCUT2D eigenvalue weighted by Gasteiger charge is 2.43. The van der Waals surface area contributed by atoms with E-state index in [2.05, 4.69) is 25.5 Å². The molecule has 160 valence electrons. The maximum atomic E-state index is 15.1. The first kappa shape index (κ1) is 19.9. The van der Waals surface area contributed by atoms with Gasteiger partial charge in [-0.15, -0.1) is 0 Å². The molecule has 1 aliphatic rings. The molecule has 0 spiro atoms. The number of fused-ring (bicyclic) bond motifs is 2. The number of aromatic nitrogens is 4. The fourth-order valence-electron chi connectivity index (χ4n) is 3.56. The van der Waals surface area contributed by atoms with E-state index in [4.69, 9.17) is 0 Å². The Bertz CT molecular complexity index is 1500. The van der Waals surface area contributed by atoms with Crippen molar-refractivity contribution in [2.24, 2.45) is 5.92 Å². The van der Waals surface area contributed by atoms with E-state index in [1.807, 2.05) is 0 Å². The maximum absolute atomic E-state index is 15.1. The van der Waals surface area contributed by atoms with Gasteiger partial charge in [-0.05, 0) is 31.0 Å². The third-order valence-corrected chi connectivity index (χ3v) is 7.21. The average molecular weight is 463 g/mol. The third-order valence-electron chi connectivity index (χ3n) is 5.20. The number of nitrogens with one attached hydrogen (secondary N) is 2. The summed E-state index contributed by atoms with van der Waals surface area (Å²) in [6.45, 7) is 1.49. The summed E-state index contributed by atoms with van der Waals surface area (Å²) in [5, 5.41) is 9.79. The fraction of sp³-hybridized carbons (Fsp3) is 0.263. The zero-order valence-electron chi connectivity index (χ0n) is 16.2. The van der Waals surface area contributed by atoms with Crippen LogP contribution in [0.3, 0.4) is 0 Å². The number of rotatable bonds is 4. The molecule has 2 N–H and O–H groups in total. The van der Waals surface area contributed by atoms with Crippen LogP contribution in [0.4, 0.5) is 13.9 Å². The van der Waals surface area contributed by atoms with Gasteiger partial charge in [-0.1, -0.05) is 11.3 Å². The number of carbonyl (C=O) groups is 1. The van der Waals surface area contributed by atoms with Crippen LogP contribution in [0.15, 0.2) is 23.2 Å². The summed E-state index contributed by atoms with van der Waals surface area (Å²) in [5.41, 5.74) is 1.54. The van der Waals surface area contributed by atoms with Crippen LogP contribution in [0.1, 0.15) is 12.0 Å². The second-order valence-electron chi connectivity index (χ2n) is 7.46. The third kappa shape index (κ3) is 3.26. The number of carbonyl (C=O) groups excluding carboxylic acids is 1. The number of pyridine rings is 1. The van der Waals surface area contributed by atoms with Crippen molar-refractivity contribution in [3.05, 3.63) is 29.7 Å². The molecule has 0 radical (unpaired) electrons. The van der Waals surface area contributed by atoms with Gasteiger partial charge in [0.15, 0.2) is 15.0 Å². The molecular formula is C19H15F2N5O3S2. The highest BCUT2D eigenvalue weighted by Crippen LogP contribution is 2.38. The Morgan fingerprint density at radius 1 is 1.32 bits per heavy atom. The summed E-state index contributed by atoms with van der Waals surface area (Å²) in [4.78, 5) is 20.8. The van der Waals surface area contributed by atoms with Gasteiger partial charge in [0.25, 0.3) is 0 Å². The van der Waals surface area contributed by atoms with Crippen molar-refractivity contribution in [1.82, 2.24) is 20.2 Å². The standard InChI is InChI=1S/C19H15F2N5O3S2/c1-7-13(9-6-22-26-15(9)16(14(7)21)31(2,28)29)11-3-4-12-18(23-11)30-19(24-12)25-17(27)8-5-10(8)20/h3-4,6,8,10H,5H2,1-2H3,(H,22,26)(H,24,25,27)/t8-,10+/m1/s1. The minimum Gasteiger partial charge on any atom is -0.302 e. The van der Waals surface area contributed by atoms with Crippen LogP contribution in [0.25, 0.3) is 32.5 Å². The van der Waals surface area contributed by atoms with Crippen molar-refractivity contribution < 1.29 is 22.0 Å². The smallest absolute Gasteiger partial charge is 0.232 e. The summed E-state index contributed by atoms with van der Waals surface area (Å²) >= 11 is 1.12. The molecule has 1 amide bonds. The number of alkyl halides is 1. The minimum atomic E-state index is -3.84. The molecule has 2 atom stereocenters. The van der Waals surface area contributed by atoms with Gasteiger partial charge >= 0.3 is 0 Å². The monoisotopic (exact) mass is 463 g/mol. The van der Waals surface area contributed by atoms with Gasteiger partial charge < -0.3 is 5.32 Å². The molecule has 0 unspecified atom stereocenters. The van der Waals surface area contributed by atoms with Crippen LogP contribution < -0.4 is 5.32 Å². The van der Waals surface area contributed by atoms with Crippen LogP contribution in [-0.2, 0) is 14.6 Å². The van der Waals surface area contributed by atoms with Crippen molar-refractivity contribution in [3.63, 3.8) is 0 Å². The van der Waals surface area contributed by atoms with Crippen LogP contribution in [0.2, 0.25) is 0 Å². The summed E-state index contributed by atoms with van der Waals surface area (Å²) in [5.74, 6) is -1.91. The lowest BCUT2D eigenvalue weighted by molar-refractivity contribution is -0.117. The molecule has 4 aromatic rings.